The molecule has 0 radical (unpaired) electrons. The van der Waals surface area contributed by atoms with Crippen LogP contribution in [0.4, 0.5) is 5.69 Å². The highest BCUT2D eigenvalue weighted by Gasteiger charge is 2.02. The largest absolute Gasteiger partial charge is 0.545 e. The maximum absolute atomic E-state index is 12.1. The van der Waals surface area contributed by atoms with E-state index in [1.165, 1.54) is 18.2 Å². The minimum Gasteiger partial charge on any atom is -0.545 e. The molecule has 0 fully saturated rings. The van der Waals surface area contributed by atoms with Crippen molar-refractivity contribution in [2.24, 2.45) is 0 Å². The summed E-state index contributed by atoms with van der Waals surface area (Å²) in [5.74, 6) is -1.32. The SMILES string of the molecule is CN(C)c1ccc(C(=O)/C=C/c2ccc(C(=O)[O-])cc2)cc1. The molecule has 0 aliphatic rings. The van der Waals surface area contributed by atoms with Gasteiger partial charge in [-0.2, -0.15) is 0 Å². The molecule has 4 heteroatoms. The van der Waals surface area contributed by atoms with E-state index >= 15 is 0 Å². The lowest BCUT2D eigenvalue weighted by molar-refractivity contribution is -0.255. The van der Waals surface area contributed by atoms with Gasteiger partial charge < -0.3 is 14.8 Å². The fourth-order valence-corrected chi connectivity index (χ4v) is 1.92. The van der Waals surface area contributed by atoms with Crippen molar-refractivity contribution in [2.75, 3.05) is 19.0 Å². The standard InChI is InChI=1S/C18H17NO3/c1-19(2)16-10-8-14(9-11-16)17(20)12-5-13-3-6-15(7-4-13)18(21)22/h3-12H,1-2H3,(H,21,22)/p-1/b12-5+. The van der Waals surface area contributed by atoms with Crippen LogP contribution in [0.5, 0.6) is 0 Å². The summed E-state index contributed by atoms with van der Waals surface area (Å²) < 4.78 is 0. The topological polar surface area (TPSA) is 60.4 Å². The van der Waals surface area contributed by atoms with E-state index in [0.29, 0.717) is 5.56 Å². The Labute approximate surface area is 129 Å². The molecule has 0 saturated heterocycles. The van der Waals surface area contributed by atoms with E-state index in [1.54, 1.807) is 30.3 Å². The Morgan fingerprint density at radius 3 is 1.95 bits per heavy atom. The highest BCUT2D eigenvalue weighted by atomic mass is 16.4. The number of ketones is 1. The third-order valence-corrected chi connectivity index (χ3v) is 3.24. The number of carbonyl (C=O) groups is 2. The molecular weight excluding hydrogens is 278 g/mol. The number of hydrogen-bond acceptors (Lipinski definition) is 4. The number of rotatable bonds is 5. The molecule has 0 amide bonds. The zero-order chi connectivity index (χ0) is 16.1. The molecule has 0 aliphatic heterocycles. The Bertz CT molecular complexity index is 698. The lowest BCUT2D eigenvalue weighted by Crippen LogP contribution is -2.21. The highest BCUT2D eigenvalue weighted by Crippen LogP contribution is 2.13. The Hall–Kier alpha value is -2.88. The van der Waals surface area contributed by atoms with Gasteiger partial charge in [0.2, 0.25) is 0 Å². The van der Waals surface area contributed by atoms with Crippen LogP contribution >= 0.6 is 0 Å². The molecule has 0 atom stereocenters. The molecule has 2 aromatic carbocycles. The smallest absolute Gasteiger partial charge is 0.185 e. The summed E-state index contributed by atoms with van der Waals surface area (Å²) in [6.45, 7) is 0. The van der Waals surface area contributed by atoms with Crippen molar-refractivity contribution >= 4 is 23.5 Å². The van der Waals surface area contributed by atoms with Crippen LogP contribution in [0.2, 0.25) is 0 Å². The summed E-state index contributed by atoms with van der Waals surface area (Å²) >= 11 is 0. The average molecular weight is 294 g/mol. The van der Waals surface area contributed by atoms with Crippen LogP contribution in [0.1, 0.15) is 26.3 Å². The third kappa shape index (κ3) is 3.82. The van der Waals surface area contributed by atoms with Crippen molar-refractivity contribution < 1.29 is 14.7 Å². The van der Waals surface area contributed by atoms with Gasteiger partial charge in [-0.05, 0) is 41.5 Å². The summed E-state index contributed by atoms with van der Waals surface area (Å²) in [5.41, 5.74) is 2.50. The first-order chi connectivity index (χ1) is 10.5. The summed E-state index contributed by atoms with van der Waals surface area (Å²) in [6.07, 6.45) is 3.12. The van der Waals surface area contributed by atoms with Crippen LogP contribution in [0.15, 0.2) is 54.6 Å². The lowest BCUT2D eigenvalue weighted by atomic mass is 10.1. The van der Waals surface area contributed by atoms with Gasteiger partial charge in [-0.15, -0.1) is 0 Å². The van der Waals surface area contributed by atoms with E-state index in [4.69, 9.17) is 0 Å². The number of aromatic carboxylic acids is 1. The quantitative estimate of drug-likeness (QED) is 0.625. The van der Waals surface area contributed by atoms with Gasteiger partial charge in [0.25, 0.3) is 0 Å². The van der Waals surface area contributed by atoms with Gasteiger partial charge in [0, 0.05) is 25.3 Å². The lowest BCUT2D eigenvalue weighted by Gasteiger charge is -2.11. The number of anilines is 1. The number of carbonyl (C=O) groups excluding carboxylic acids is 2. The van der Waals surface area contributed by atoms with Crippen molar-refractivity contribution in [1.82, 2.24) is 0 Å². The van der Waals surface area contributed by atoms with E-state index in [1.807, 2.05) is 31.1 Å². The molecule has 0 N–H and O–H groups in total. The number of carboxylic acid groups (broad SMARTS) is 1. The van der Waals surface area contributed by atoms with E-state index in [-0.39, 0.29) is 11.3 Å². The Balaban J connectivity index is 2.08. The van der Waals surface area contributed by atoms with Crippen LogP contribution in [-0.2, 0) is 0 Å². The normalized spacial score (nSPS) is 10.6. The maximum atomic E-state index is 12.1. The minimum absolute atomic E-state index is 0.103. The molecule has 4 nitrogen and oxygen atoms in total. The van der Waals surface area contributed by atoms with Crippen molar-refractivity contribution in [3.8, 4) is 0 Å². The first-order valence-electron chi connectivity index (χ1n) is 6.78. The molecule has 0 spiro atoms. The van der Waals surface area contributed by atoms with E-state index in [2.05, 4.69) is 0 Å². The zero-order valence-corrected chi connectivity index (χ0v) is 12.4. The van der Waals surface area contributed by atoms with Gasteiger partial charge in [0.15, 0.2) is 5.78 Å². The first-order valence-corrected chi connectivity index (χ1v) is 6.78. The monoisotopic (exact) mass is 294 g/mol. The van der Waals surface area contributed by atoms with Crippen molar-refractivity contribution in [2.45, 2.75) is 0 Å². The Morgan fingerprint density at radius 1 is 0.909 bits per heavy atom. The van der Waals surface area contributed by atoms with Gasteiger partial charge in [0.05, 0.1) is 5.97 Å². The molecule has 112 valence electrons. The summed E-state index contributed by atoms with van der Waals surface area (Å²) in [7, 11) is 3.88. The van der Waals surface area contributed by atoms with Crippen molar-refractivity contribution in [1.29, 1.82) is 0 Å². The number of carboxylic acids is 1. The van der Waals surface area contributed by atoms with Crippen LogP contribution in [0.25, 0.3) is 6.08 Å². The fraction of sp³-hybridized carbons (Fsp3) is 0.111. The Morgan fingerprint density at radius 2 is 1.45 bits per heavy atom. The number of nitrogens with zero attached hydrogens (tertiary/aromatic N) is 1. The molecule has 0 unspecified atom stereocenters. The number of benzene rings is 2. The van der Waals surface area contributed by atoms with Gasteiger partial charge in [-0.3, -0.25) is 4.79 Å². The van der Waals surface area contributed by atoms with Gasteiger partial charge in [-0.25, -0.2) is 0 Å². The van der Waals surface area contributed by atoms with Gasteiger partial charge >= 0.3 is 0 Å². The zero-order valence-electron chi connectivity index (χ0n) is 12.4. The third-order valence-electron chi connectivity index (χ3n) is 3.24. The summed E-state index contributed by atoms with van der Waals surface area (Å²) in [6, 6.07) is 13.5. The number of allylic oxidation sites excluding steroid dienone is 1. The van der Waals surface area contributed by atoms with Gasteiger partial charge in [-0.1, -0.05) is 30.3 Å². The van der Waals surface area contributed by atoms with E-state index < -0.39 is 5.97 Å². The second-order valence-electron chi connectivity index (χ2n) is 5.05. The van der Waals surface area contributed by atoms with Crippen LogP contribution in [-0.4, -0.2) is 25.8 Å². The summed E-state index contributed by atoms with van der Waals surface area (Å²) in [4.78, 5) is 24.7. The first kappa shape index (κ1) is 15.5. The minimum atomic E-state index is -1.22. The fourth-order valence-electron chi connectivity index (χ4n) is 1.92. The molecule has 0 saturated carbocycles. The Kier molecular flexibility index (Phi) is 4.73. The second-order valence-corrected chi connectivity index (χ2v) is 5.05. The van der Waals surface area contributed by atoms with Crippen LogP contribution in [0, 0.1) is 0 Å². The molecule has 0 bridgehead atoms. The molecule has 0 aromatic heterocycles. The predicted octanol–water partition coefficient (Wildman–Crippen LogP) is 2.01. The van der Waals surface area contributed by atoms with E-state index in [9.17, 15) is 14.7 Å². The van der Waals surface area contributed by atoms with Gasteiger partial charge in [0.1, 0.15) is 0 Å². The van der Waals surface area contributed by atoms with Crippen molar-refractivity contribution in [3.05, 3.63) is 71.3 Å². The summed E-state index contributed by atoms with van der Waals surface area (Å²) in [5, 5.41) is 10.7. The van der Waals surface area contributed by atoms with Crippen LogP contribution < -0.4 is 10.0 Å². The van der Waals surface area contributed by atoms with E-state index in [0.717, 1.165) is 11.3 Å². The predicted molar refractivity (Wildman–Crippen MR) is 84.9 cm³/mol. The molecule has 0 heterocycles. The second kappa shape index (κ2) is 6.72. The highest BCUT2D eigenvalue weighted by molar-refractivity contribution is 6.07. The van der Waals surface area contributed by atoms with Crippen molar-refractivity contribution in [3.63, 3.8) is 0 Å². The number of hydrogen-bond donors (Lipinski definition) is 0. The average Bonchev–Trinajstić information content (AvgIpc) is 2.53. The van der Waals surface area contributed by atoms with Crippen LogP contribution in [0.3, 0.4) is 0 Å². The molecule has 2 rings (SSSR count). The molecule has 22 heavy (non-hydrogen) atoms. The molecule has 0 aliphatic carbocycles. The maximum Gasteiger partial charge on any atom is 0.185 e. The molecular formula is C18H16NO3-. The molecule has 2 aromatic rings.